The van der Waals surface area contributed by atoms with Crippen LogP contribution >= 0.6 is 0 Å². The van der Waals surface area contributed by atoms with Crippen LogP contribution in [-0.2, 0) is 9.53 Å². The second kappa shape index (κ2) is 3.59. The lowest BCUT2D eigenvalue weighted by molar-refractivity contribution is -0.135. The second-order valence-corrected chi connectivity index (χ2v) is 3.11. The molecule has 58 valence electrons. The highest BCUT2D eigenvalue weighted by atomic mass is 16.5. The molecule has 1 fully saturated rings. The summed E-state index contributed by atoms with van der Waals surface area (Å²) in [6, 6.07) is 0. The van der Waals surface area contributed by atoms with Gasteiger partial charge in [0.1, 0.15) is 6.10 Å². The molecule has 0 aromatic heterocycles. The minimum atomic E-state index is 0.216. The number of hydrogen-bond donors (Lipinski definition) is 0. The second-order valence-electron chi connectivity index (χ2n) is 3.11. The molecule has 1 aliphatic rings. The third-order valence-corrected chi connectivity index (χ3v) is 2.21. The molecular weight excluding hydrogens is 128 g/mol. The molecule has 10 heavy (non-hydrogen) atoms. The van der Waals surface area contributed by atoms with E-state index in [9.17, 15) is 4.79 Å². The lowest BCUT2D eigenvalue weighted by Gasteiger charge is -2.24. The summed E-state index contributed by atoms with van der Waals surface area (Å²) in [5.41, 5.74) is 0. The van der Waals surface area contributed by atoms with E-state index in [0.717, 1.165) is 18.8 Å². The molecule has 1 saturated carbocycles. The van der Waals surface area contributed by atoms with E-state index in [1.165, 1.54) is 12.8 Å². The number of carbonyl (C=O) groups is 1. The maximum atomic E-state index is 9.93. The maximum Gasteiger partial charge on any atom is 0.293 e. The summed E-state index contributed by atoms with van der Waals surface area (Å²) >= 11 is 0. The van der Waals surface area contributed by atoms with Gasteiger partial charge in [0, 0.05) is 0 Å². The van der Waals surface area contributed by atoms with E-state index < -0.39 is 0 Å². The van der Waals surface area contributed by atoms with Crippen LogP contribution in [0.15, 0.2) is 0 Å². The van der Waals surface area contributed by atoms with Crippen molar-refractivity contribution in [3.8, 4) is 0 Å². The SMILES string of the molecule is C[C@H]1CC[C@H](OC=O)CC1. The van der Waals surface area contributed by atoms with E-state index >= 15 is 0 Å². The molecule has 0 saturated heterocycles. The lowest BCUT2D eigenvalue weighted by atomic mass is 9.89. The third-order valence-electron chi connectivity index (χ3n) is 2.21. The normalized spacial score (nSPS) is 33.3. The minimum Gasteiger partial charge on any atom is -0.465 e. The average molecular weight is 142 g/mol. The van der Waals surface area contributed by atoms with Crippen molar-refractivity contribution >= 4 is 6.47 Å². The van der Waals surface area contributed by atoms with Gasteiger partial charge in [-0.05, 0) is 31.6 Å². The molecule has 0 atom stereocenters. The molecule has 2 nitrogen and oxygen atoms in total. The van der Waals surface area contributed by atoms with Gasteiger partial charge < -0.3 is 4.74 Å². The number of carbonyl (C=O) groups excluding carboxylic acids is 1. The highest BCUT2D eigenvalue weighted by Crippen LogP contribution is 2.24. The number of rotatable bonds is 2. The zero-order chi connectivity index (χ0) is 7.40. The van der Waals surface area contributed by atoms with E-state index in [1.807, 2.05) is 0 Å². The van der Waals surface area contributed by atoms with Gasteiger partial charge in [-0.2, -0.15) is 0 Å². The summed E-state index contributed by atoms with van der Waals surface area (Å²) in [6.45, 7) is 2.82. The van der Waals surface area contributed by atoms with E-state index in [-0.39, 0.29) is 6.10 Å². The third kappa shape index (κ3) is 2.01. The Balaban J connectivity index is 2.19. The van der Waals surface area contributed by atoms with Crippen LogP contribution in [0.2, 0.25) is 0 Å². The van der Waals surface area contributed by atoms with Gasteiger partial charge in [0.25, 0.3) is 6.47 Å². The largest absolute Gasteiger partial charge is 0.465 e. The first-order chi connectivity index (χ1) is 4.83. The van der Waals surface area contributed by atoms with Crippen LogP contribution in [0.1, 0.15) is 32.6 Å². The van der Waals surface area contributed by atoms with Crippen LogP contribution < -0.4 is 0 Å². The fourth-order valence-electron chi connectivity index (χ4n) is 1.44. The monoisotopic (exact) mass is 142 g/mol. The molecule has 2 heteroatoms. The van der Waals surface area contributed by atoms with Gasteiger partial charge in [0.15, 0.2) is 0 Å². The van der Waals surface area contributed by atoms with Gasteiger partial charge in [-0.15, -0.1) is 0 Å². The molecule has 0 aromatic rings. The van der Waals surface area contributed by atoms with Crippen LogP contribution in [-0.4, -0.2) is 12.6 Å². The highest BCUT2D eigenvalue weighted by Gasteiger charge is 2.18. The Morgan fingerprint density at radius 3 is 2.40 bits per heavy atom. The van der Waals surface area contributed by atoms with Gasteiger partial charge in [-0.1, -0.05) is 6.92 Å². The Morgan fingerprint density at radius 2 is 1.90 bits per heavy atom. The summed E-state index contributed by atoms with van der Waals surface area (Å²) in [5.74, 6) is 0.825. The smallest absolute Gasteiger partial charge is 0.293 e. The van der Waals surface area contributed by atoms with E-state index in [1.54, 1.807) is 0 Å². The summed E-state index contributed by atoms with van der Waals surface area (Å²) in [7, 11) is 0. The van der Waals surface area contributed by atoms with Gasteiger partial charge >= 0.3 is 0 Å². The van der Waals surface area contributed by atoms with Gasteiger partial charge in [-0.3, -0.25) is 4.79 Å². The standard InChI is InChI=1S/C8H14O2/c1-7-2-4-8(5-3-7)10-6-9/h6-8H,2-5H2,1H3/t7-,8-. The molecule has 0 bridgehead atoms. The molecule has 0 heterocycles. The Bertz CT molecular complexity index is 104. The fraction of sp³-hybridized carbons (Fsp3) is 0.875. The van der Waals surface area contributed by atoms with Crippen LogP contribution in [0.25, 0.3) is 0 Å². The Morgan fingerprint density at radius 1 is 1.30 bits per heavy atom. The summed E-state index contributed by atoms with van der Waals surface area (Å²) < 4.78 is 4.85. The van der Waals surface area contributed by atoms with Crippen LogP contribution in [0.4, 0.5) is 0 Å². The molecule has 1 rings (SSSR count). The van der Waals surface area contributed by atoms with Gasteiger partial charge in [-0.25, -0.2) is 0 Å². The average Bonchev–Trinajstić information content (AvgIpc) is 1.95. The molecule has 0 spiro atoms. The molecule has 0 amide bonds. The van der Waals surface area contributed by atoms with Crippen molar-refractivity contribution in [2.45, 2.75) is 38.7 Å². The first-order valence-electron chi connectivity index (χ1n) is 3.92. The van der Waals surface area contributed by atoms with Crippen molar-refractivity contribution < 1.29 is 9.53 Å². The van der Waals surface area contributed by atoms with Crippen molar-refractivity contribution in [1.82, 2.24) is 0 Å². The van der Waals surface area contributed by atoms with Crippen LogP contribution in [0.5, 0.6) is 0 Å². The predicted molar refractivity (Wildman–Crippen MR) is 38.6 cm³/mol. The first kappa shape index (κ1) is 7.58. The Hall–Kier alpha value is -0.530. The molecule has 0 aromatic carbocycles. The van der Waals surface area contributed by atoms with Crippen molar-refractivity contribution in [1.29, 1.82) is 0 Å². The van der Waals surface area contributed by atoms with Gasteiger partial charge in [0.05, 0.1) is 0 Å². The molecule has 0 radical (unpaired) electrons. The van der Waals surface area contributed by atoms with E-state index in [4.69, 9.17) is 4.74 Å². The summed E-state index contributed by atoms with van der Waals surface area (Å²) in [5, 5.41) is 0. The molecular formula is C8H14O2. The maximum absolute atomic E-state index is 9.93. The van der Waals surface area contributed by atoms with Crippen LogP contribution in [0.3, 0.4) is 0 Å². The number of ether oxygens (including phenoxy) is 1. The fourth-order valence-corrected chi connectivity index (χ4v) is 1.44. The van der Waals surface area contributed by atoms with Crippen molar-refractivity contribution in [3.05, 3.63) is 0 Å². The minimum absolute atomic E-state index is 0.216. The zero-order valence-electron chi connectivity index (χ0n) is 6.38. The molecule has 0 unspecified atom stereocenters. The van der Waals surface area contributed by atoms with Crippen LogP contribution in [0, 0.1) is 5.92 Å². The highest BCUT2D eigenvalue weighted by molar-refractivity contribution is 5.37. The van der Waals surface area contributed by atoms with Crippen molar-refractivity contribution in [3.63, 3.8) is 0 Å². The van der Waals surface area contributed by atoms with E-state index in [2.05, 4.69) is 6.92 Å². The quantitative estimate of drug-likeness (QED) is 0.549. The van der Waals surface area contributed by atoms with E-state index in [0.29, 0.717) is 6.47 Å². The van der Waals surface area contributed by atoms with Crippen molar-refractivity contribution in [2.75, 3.05) is 0 Å². The zero-order valence-corrected chi connectivity index (χ0v) is 6.38. The Kier molecular flexibility index (Phi) is 2.72. The first-order valence-corrected chi connectivity index (χ1v) is 3.92. The molecule has 0 aliphatic heterocycles. The van der Waals surface area contributed by atoms with Crippen molar-refractivity contribution in [2.24, 2.45) is 5.92 Å². The predicted octanol–water partition coefficient (Wildman–Crippen LogP) is 1.74. The summed E-state index contributed by atoms with van der Waals surface area (Å²) in [4.78, 5) is 9.93. The Labute approximate surface area is 61.6 Å². The summed E-state index contributed by atoms with van der Waals surface area (Å²) in [6.07, 6.45) is 4.74. The molecule has 1 aliphatic carbocycles. The number of hydrogen-bond acceptors (Lipinski definition) is 2. The topological polar surface area (TPSA) is 26.3 Å². The van der Waals surface area contributed by atoms with Gasteiger partial charge in [0.2, 0.25) is 0 Å². The lowest BCUT2D eigenvalue weighted by Crippen LogP contribution is -2.19. The molecule has 0 N–H and O–H groups in total.